The summed E-state index contributed by atoms with van der Waals surface area (Å²) in [6.07, 6.45) is 10.6. The second-order valence-corrected chi connectivity index (χ2v) is 8.12. The fourth-order valence-corrected chi connectivity index (χ4v) is 4.55. The Labute approximate surface area is 158 Å². The standard InChI is InChI=1S/C19H27N3O3S/c1-26-16-8-9-18(22(24)25)17(12-16)19(23)20-14-10-11-21(13-14)15-6-4-2-3-5-7-15/h8-9,12,14-15H,2-7,10-11,13H2,1H3,(H,20,23). The Kier molecular flexibility index (Phi) is 6.53. The van der Waals surface area contributed by atoms with Crippen molar-refractivity contribution in [3.8, 4) is 0 Å². The van der Waals surface area contributed by atoms with Crippen molar-refractivity contribution in [2.24, 2.45) is 0 Å². The number of thioether (sulfide) groups is 1. The molecule has 6 nitrogen and oxygen atoms in total. The van der Waals surface area contributed by atoms with Crippen LogP contribution in [-0.4, -0.2) is 47.2 Å². The minimum absolute atomic E-state index is 0.0725. The van der Waals surface area contributed by atoms with Gasteiger partial charge in [0, 0.05) is 36.1 Å². The fraction of sp³-hybridized carbons (Fsp3) is 0.632. The van der Waals surface area contributed by atoms with Gasteiger partial charge in [-0.2, -0.15) is 0 Å². The molecular formula is C19H27N3O3S. The number of likely N-dealkylation sites (tertiary alicyclic amines) is 1. The number of nitrogens with zero attached hydrogens (tertiary/aromatic N) is 2. The molecule has 1 unspecified atom stereocenters. The molecule has 7 heteroatoms. The minimum atomic E-state index is -0.481. The van der Waals surface area contributed by atoms with Crippen LogP contribution >= 0.6 is 11.8 Å². The van der Waals surface area contributed by atoms with Gasteiger partial charge in [0.05, 0.1) is 4.92 Å². The molecule has 1 amide bonds. The first-order valence-electron chi connectivity index (χ1n) is 9.46. The minimum Gasteiger partial charge on any atom is -0.348 e. The summed E-state index contributed by atoms with van der Waals surface area (Å²) >= 11 is 1.47. The van der Waals surface area contributed by atoms with Crippen molar-refractivity contribution in [1.82, 2.24) is 10.2 Å². The average Bonchev–Trinajstić information content (AvgIpc) is 2.93. The highest BCUT2D eigenvalue weighted by Gasteiger charge is 2.31. The van der Waals surface area contributed by atoms with Crippen LogP contribution in [0.25, 0.3) is 0 Å². The molecule has 1 N–H and O–H groups in total. The zero-order valence-corrected chi connectivity index (χ0v) is 16.1. The average molecular weight is 378 g/mol. The van der Waals surface area contributed by atoms with Crippen molar-refractivity contribution in [3.05, 3.63) is 33.9 Å². The van der Waals surface area contributed by atoms with E-state index in [1.165, 1.54) is 56.4 Å². The maximum Gasteiger partial charge on any atom is 0.282 e. The lowest BCUT2D eigenvalue weighted by Crippen LogP contribution is -2.40. The summed E-state index contributed by atoms with van der Waals surface area (Å²) in [5.41, 5.74) is 0.0358. The smallest absolute Gasteiger partial charge is 0.282 e. The molecule has 0 radical (unpaired) electrons. The van der Waals surface area contributed by atoms with Crippen LogP contribution in [-0.2, 0) is 0 Å². The molecule has 1 aromatic carbocycles. The zero-order valence-electron chi connectivity index (χ0n) is 15.3. The second-order valence-electron chi connectivity index (χ2n) is 7.24. The predicted molar refractivity (Wildman–Crippen MR) is 104 cm³/mol. The van der Waals surface area contributed by atoms with E-state index >= 15 is 0 Å². The molecule has 26 heavy (non-hydrogen) atoms. The third-order valence-corrected chi connectivity index (χ3v) is 6.27. The van der Waals surface area contributed by atoms with Crippen LogP contribution in [0.2, 0.25) is 0 Å². The number of nitro benzene ring substituents is 1. The normalized spacial score (nSPS) is 22.1. The number of nitro groups is 1. The molecule has 142 valence electrons. The van der Waals surface area contributed by atoms with E-state index in [9.17, 15) is 14.9 Å². The van der Waals surface area contributed by atoms with Crippen LogP contribution in [0, 0.1) is 10.1 Å². The molecule has 2 fully saturated rings. The van der Waals surface area contributed by atoms with Crippen molar-refractivity contribution in [2.45, 2.75) is 61.9 Å². The largest absolute Gasteiger partial charge is 0.348 e. The van der Waals surface area contributed by atoms with Gasteiger partial charge in [-0.1, -0.05) is 25.7 Å². The van der Waals surface area contributed by atoms with Crippen molar-refractivity contribution in [2.75, 3.05) is 19.3 Å². The topological polar surface area (TPSA) is 75.5 Å². The number of nitrogens with one attached hydrogen (secondary N) is 1. The van der Waals surface area contributed by atoms with Gasteiger partial charge in [-0.3, -0.25) is 19.8 Å². The van der Waals surface area contributed by atoms with Crippen LogP contribution in [0.4, 0.5) is 5.69 Å². The van der Waals surface area contributed by atoms with Gasteiger partial charge in [0.1, 0.15) is 5.56 Å². The molecule has 1 aromatic rings. The molecule has 1 saturated heterocycles. The second kappa shape index (κ2) is 8.86. The molecule has 1 heterocycles. The zero-order chi connectivity index (χ0) is 18.5. The van der Waals surface area contributed by atoms with E-state index in [4.69, 9.17) is 0 Å². The first-order chi connectivity index (χ1) is 12.6. The molecule has 0 spiro atoms. The van der Waals surface area contributed by atoms with Crippen molar-refractivity contribution >= 4 is 23.4 Å². The van der Waals surface area contributed by atoms with Gasteiger partial charge >= 0.3 is 0 Å². The highest BCUT2D eigenvalue weighted by atomic mass is 32.2. The van der Waals surface area contributed by atoms with E-state index < -0.39 is 4.92 Å². The van der Waals surface area contributed by atoms with Gasteiger partial charge in [-0.05, 0) is 37.7 Å². The lowest BCUT2D eigenvalue weighted by molar-refractivity contribution is -0.385. The Balaban J connectivity index is 1.64. The highest BCUT2D eigenvalue weighted by Crippen LogP contribution is 2.27. The number of hydrogen-bond donors (Lipinski definition) is 1. The summed E-state index contributed by atoms with van der Waals surface area (Å²) in [4.78, 5) is 26.8. The Bertz CT molecular complexity index is 659. The molecule has 1 saturated carbocycles. The van der Waals surface area contributed by atoms with Crippen molar-refractivity contribution < 1.29 is 9.72 Å². The van der Waals surface area contributed by atoms with Gasteiger partial charge < -0.3 is 5.32 Å². The summed E-state index contributed by atoms with van der Waals surface area (Å²) in [5.74, 6) is -0.333. The van der Waals surface area contributed by atoms with Crippen LogP contribution in [0.3, 0.4) is 0 Å². The summed E-state index contributed by atoms with van der Waals surface area (Å²) in [6.45, 7) is 1.86. The quantitative estimate of drug-likeness (QED) is 0.365. The Hall–Kier alpha value is -1.60. The molecule has 3 rings (SSSR count). The number of amides is 1. The van der Waals surface area contributed by atoms with Crippen LogP contribution < -0.4 is 5.32 Å². The SMILES string of the molecule is CSc1ccc([N+](=O)[O-])c(C(=O)NC2CCN(C3CCCCCC3)C2)c1. The highest BCUT2D eigenvalue weighted by molar-refractivity contribution is 7.98. The lowest BCUT2D eigenvalue weighted by atomic mass is 10.1. The Morgan fingerprint density at radius 3 is 2.62 bits per heavy atom. The fourth-order valence-electron chi connectivity index (χ4n) is 4.11. The predicted octanol–water partition coefficient (Wildman–Crippen LogP) is 3.84. The number of carbonyl (C=O) groups is 1. The first kappa shape index (κ1) is 19.2. The number of benzene rings is 1. The van der Waals surface area contributed by atoms with Crippen molar-refractivity contribution in [1.29, 1.82) is 0 Å². The van der Waals surface area contributed by atoms with E-state index in [1.807, 2.05) is 6.26 Å². The molecular weight excluding hydrogens is 350 g/mol. The van der Waals surface area contributed by atoms with Crippen LogP contribution in [0.15, 0.2) is 23.1 Å². The molecule has 1 aliphatic carbocycles. The summed E-state index contributed by atoms with van der Waals surface area (Å²) < 4.78 is 0. The summed E-state index contributed by atoms with van der Waals surface area (Å²) in [7, 11) is 0. The molecule has 0 aromatic heterocycles. The van der Waals surface area contributed by atoms with Gasteiger partial charge in [0.15, 0.2) is 0 Å². The first-order valence-corrected chi connectivity index (χ1v) is 10.7. The Morgan fingerprint density at radius 1 is 1.23 bits per heavy atom. The van der Waals surface area contributed by atoms with E-state index in [-0.39, 0.29) is 23.2 Å². The van der Waals surface area contributed by atoms with E-state index in [0.717, 1.165) is 24.4 Å². The maximum absolute atomic E-state index is 12.7. The molecule has 1 atom stereocenters. The van der Waals surface area contributed by atoms with E-state index in [1.54, 1.807) is 12.1 Å². The van der Waals surface area contributed by atoms with Crippen LogP contribution in [0.5, 0.6) is 0 Å². The van der Waals surface area contributed by atoms with Crippen LogP contribution in [0.1, 0.15) is 55.3 Å². The van der Waals surface area contributed by atoms with E-state index in [0.29, 0.717) is 6.04 Å². The van der Waals surface area contributed by atoms with Gasteiger partial charge in [0.25, 0.3) is 11.6 Å². The summed E-state index contributed by atoms with van der Waals surface area (Å²) in [5, 5.41) is 14.3. The van der Waals surface area contributed by atoms with Gasteiger partial charge in [-0.15, -0.1) is 11.8 Å². The monoisotopic (exact) mass is 377 g/mol. The number of carbonyl (C=O) groups excluding carboxylic acids is 1. The van der Waals surface area contributed by atoms with Gasteiger partial charge in [-0.25, -0.2) is 0 Å². The molecule has 0 bridgehead atoms. The van der Waals surface area contributed by atoms with Gasteiger partial charge in [0.2, 0.25) is 0 Å². The molecule has 1 aliphatic heterocycles. The van der Waals surface area contributed by atoms with E-state index in [2.05, 4.69) is 10.2 Å². The maximum atomic E-state index is 12.7. The number of hydrogen-bond acceptors (Lipinski definition) is 5. The molecule has 2 aliphatic rings. The number of rotatable bonds is 5. The Morgan fingerprint density at radius 2 is 1.96 bits per heavy atom. The third-order valence-electron chi connectivity index (χ3n) is 5.54. The lowest BCUT2D eigenvalue weighted by Gasteiger charge is -2.26. The van der Waals surface area contributed by atoms with Crippen molar-refractivity contribution in [3.63, 3.8) is 0 Å². The third kappa shape index (κ3) is 4.57. The summed E-state index contributed by atoms with van der Waals surface area (Å²) in [6, 6.07) is 5.43.